The summed E-state index contributed by atoms with van der Waals surface area (Å²) >= 11 is 0. The van der Waals surface area contributed by atoms with Crippen LogP contribution in [0.15, 0.2) is 84.9 Å². The number of imide groups is 1. The molecule has 3 aromatic carbocycles. The predicted molar refractivity (Wildman–Crippen MR) is 120 cm³/mol. The quantitative estimate of drug-likeness (QED) is 0.485. The molecule has 1 spiro atoms. The Morgan fingerprint density at radius 1 is 0.906 bits per heavy atom. The van der Waals surface area contributed by atoms with Gasteiger partial charge in [-0.3, -0.25) is 24.9 Å². The van der Waals surface area contributed by atoms with E-state index in [1.165, 1.54) is 0 Å². The third-order valence-corrected chi connectivity index (χ3v) is 5.99. The van der Waals surface area contributed by atoms with Crippen molar-refractivity contribution in [3.8, 4) is 0 Å². The van der Waals surface area contributed by atoms with E-state index in [9.17, 15) is 14.4 Å². The second kappa shape index (κ2) is 7.85. The second-order valence-electron chi connectivity index (χ2n) is 7.93. The first-order valence-electron chi connectivity index (χ1n) is 10.5. The van der Waals surface area contributed by atoms with Crippen LogP contribution < -0.4 is 15.8 Å². The summed E-state index contributed by atoms with van der Waals surface area (Å²) in [7, 11) is 0. The van der Waals surface area contributed by atoms with E-state index >= 15 is 0 Å². The first kappa shape index (κ1) is 19.8. The van der Waals surface area contributed by atoms with Crippen molar-refractivity contribution in [2.24, 2.45) is 0 Å². The smallest absolute Gasteiger partial charge is 0.319 e. The minimum Gasteiger partial charge on any atom is -0.319 e. The van der Waals surface area contributed by atoms with E-state index < -0.39 is 17.5 Å². The lowest BCUT2D eigenvalue weighted by Crippen LogP contribution is -2.47. The molecule has 1 fully saturated rings. The van der Waals surface area contributed by atoms with Crippen molar-refractivity contribution in [3.05, 3.63) is 96.1 Å². The third kappa shape index (κ3) is 3.28. The van der Waals surface area contributed by atoms with Gasteiger partial charge in [-0.05, 0) is 48.2 Å². The van der Waals surface area contributed by atoms with Gasteiger partial charge in [0.1, 0.15) is 12.1 Å². The minimum absolute atomic E-state index is 0.370. The number of para-hydroxylation sites is 2. The van der Waals surface area contributed by atoms with Crippen LogP contribution in [0.25, 0.3) is 0 Å². The maximum Gasteiger partial charge on any atom is 0.325 e. The highest BCUT2D eigenvalue weighted by Gasteiger charge is 2.55. The molecular weight excluding hydrogens is 404 g/mol. The topological polar surface area (TPSA) is 81.8 Å². The molecule has 7 nitrogen and oxygen atoms in total. The maximum absolute atomic E-state index is 13.3. The predicted octanol–water partition coefficient (Wildman–Crippen LogP) is 3.25. The molecule has 7 heteroatoms. The van der Waals surface area contributed by atoms with Gasteiger partial charge in [0.25, 0.3) is 11.8 Å². The fraction of sp³-hybridized carbons (Fsp3) is 0.160. The molecule has 32 heavy (non-hydrogen) atoms. The number of hydrogen-bond donors (Lipinski definition) is 2. The fourth-order valence-corrected chi connectivity index (χ4v) is 4.47. The van der Waals surface area contributed by atoms with E-state index in [1.807, 2.05) is 84.9 Å². The van der Waals surface area contributed by atoms with Crippen molar-refractivity contribution >= 4 is 29.2 Å². The lowest BCUT2D eigenvalue weighted by molar-refractivity contribution is -0.135. The SMILES string of the molecule is O=C(CN1C(=O)NC2(CCc3ccccc32)C1=O)NN(c1ccccc1)c1ccccc1. The number of aryl methyl sites for hydroxylation is 1. The van der Waals surface area contributed by atoms with Gasteiger partial charge >= 0.3 is 6.03 Å². The van der Waals surface area contributed by atoms with Gasteiger partial charge in [-0.2, -0.15) is 0 Å². The van der Waals surface area contributed by atoms with Crippen LogP contribution in [-0.2, 0) is 21.5 Å². The van der Waals surface area contributed by atoms with E-state index in [0.29, 0.717) is 12.8 Å². The van der Waals surface area contributed by atoms with Crippen molar-refractivity contribution < 1.29 is 14.4 Å². The van der Waals surface area contributed by atoms with Gasteiger partial charge in [-0.15, -0.1) is 0 Å². The Kier molecular flexibility index (Phi) is 4.86. The van der Waals surface area contributed by atoms with Gasteiger partial charge in [0.15, 0.2) is 0 Å². The van der Waals surface area contributed by atoms with E-state index in [0.717, 1.165) is 27.4 Å². The molecule has 3 aromatic rings. The average Bonchev–Trinajstić information content (AvgIpc) is 3.31. The minimum atomic E-state index is -1.08. The summed E-state index contributed by atoms with van der Waals surface area (Å²) in [6, 6.07) is 25.8. The molecule has 0 bridgehead atoms. The number of fused-ring (bicyclic) bond motifs is 2. The molecule has 2 N–H and O–H groups in total. The summed E-state index contributed by atoms with van der Waals surface area (Å²) in [5.41, 5.74) is 5.13. The Balaban J connectivity index is 1.37. The van der Waals surface area contributed by atoms with Crippen molar-refractivity contribution in [1.29, 1.82) is 0 Å². The monoisotopic (exact) mass is 426 g/mol. The van der Waals surface area contributed by atoms with Crippen LogP contribution in [0.3, 0.4) is 0 Å². The van der Waals surface area contributed by atoms with Crippen LogP contribution in [0.4, 0.5) is 16.2 Å². The molecule has 1 aliphatic heterocycles. The molecule has 0 radical (unpaired) electrons. The van der Waals surface area contributed by atoms with Crippen LogP contribution in [0.1, 0.15) is 17.5 Å². The van der Waals surface area contributed by atoms with E-state index in [-0.39, 0.29) is 12.5 Å². The van der Waals surface area contributed by atoms with E-state index in [4.69, 9.17) is 0 Å². The van der Waals surface area contributed by atoms with Gasteiger partial charge in [0.05, 0.1) is 11.4 Å². The molecule has 0 aromatic heterocycles. The number of amides is 4. The largest absolute Gasteiger partial charge is 0.325 e. The lowest BCUT2D eigenvalue weighted by atomic mass is 9.92. The maximum atomic E-state index is 13.3. The molecule has 1 aliphatic carbocycles. The number of hydrogen-bond acceptors (Lipinski definition) is 4. The van der Waals surface area contributed by atoms with Gasteiger partial charge in [-0.1, -0.05) is 60.7 Å². The van der Waals surface area contributed by atoms with Crippen molar-refractivity contribution in [2.45, 2.75) is 18.4 Å². The van der Waals surface area contributed by atoms with Crippen LogP contribution in [0, 0.1) is 0 Å². The van der Waals surface area contributed by atoms with Gasteiger partial charge in [0, 0.05) is 0 Å². The third-order valence-electron chi connectivity index (χ3n) is 5.99. The summed E-state index contributed by atoms with van der Waals surface area (Å²) < 4.78 is 0. The number of hydrazine groups is 1. The average molecular weight is 426 g/mol. The van der Waals surface area contributed by atoms with E-state index in [2.05, 4.69) is 10.7 Å². The number of rotatable bonds is 5. The number of nitrogens with one attached hydrogen (secondary N) is 2. The van der Waals surface area contributed by atoms with Crippen molar-refractivity contribution in [2.75, 3.05) is 11.6 Å². The first-order chi connectivity index (χ1) is 15.6. The number of carbonyl (C=O) groups excluding carboxylic acids is 3. The van der Waals surface area contributed by atoms with Crippen molar-refractivity contribution in [3.63, 3.8) is 0 Å². The highest BCUT2D eigenvalue weighted by atomic mass is 16.2. The number of nitrogens with zero attached hydrogens (tertiary/aromatic N) is 2. The van der Waals surface area contributed by atoms with Gasteiger partial charge in [-0.25, -0.2) is 4.79 Å². The molecule has 1 heterocycles. The number of urea groups is 1. The van der Waals surface area contributed by atoms with Crippen LogP contribution >= 0.6 is 0 Å². The molecule has 1 atom stereocenters. The summed E-state index contributed by atoms with van der Waals surface area (Å²) in [5, 5.41) is 4.49. The Hall–Kier alpha value is -4.13. The summed E-state index contributed by atoms with van der Waals surface area (Å²) in [6.45, 7) is -0.370. The number of benzene rings is 3. The molecule has 1 saturated heterocycles. The molecule has 0 saturated carbocycles. The van der Waals surface area contributed by atoms with Crippen LogP contribution in [0.2, 0.25) is 0 Å². The Bertz CT molecular complexity index is 1140. The Morgan fingerprint density at radius 3 is 2.16 bits per heavy atom. The van der Waals surface area contributed by atoms with Gasteiger partial charge in [0.2, 0.25) is 0 Å². The highest BCUT2D eigenvalue weighted by Crippen LogP contribution is 2.41. The zero-order valence-corrected chi connectivity index (χ0v) is 17.3. The van der Waals surface area contributed by atoms with Gasteiger partial charge < -0.3 is 5.32 Å². The molecular formula is C25H22N4O3. The summed E-state index contributed by atoms with van der Waals surface area (Å²) in [6.07, 6.45) is 1.20. The summed E-state index contributed by atoms with van der Waals surface area (Å²) in [4.78, 5) is 40.0. The molecule has 5 rings (SSSR count). The van der Waals surface area contributed by atoms with Crippen molar-refractivity contribution in [1.82, 2.24) is 15.6 Å². The Labute approximate surface area is 185 Å². The summed E-state index contributed by atoms with van der Waals surface area (Å²) in [5.74, 6) is -0.849. The second-order valence-corrected chi connectivity index (χ2v) is 7.93. The molecule has 1 unspecified atom stereocenters. The zero-order chi connectivity index (χ0) is 22.1. The zero-order valence-electron chi connectivity index (χ0n) is 17.3. The molecule has 160 valence electrons. The standard InChI is InChI=1S/C25H22N4O3/c30-22(27-29(19-10-3-1-4-11-19)20-12-5-2-6-13-20)17-28-23(31)25(26-24(28)32)16-15-18-9-7-8-14-21(18)25/h1-14H,15-17H2,(H,26,32)(H,27,30). The normalized spacial score (nSPS) is 19.1. The van der Waals surface area contributed by atoms with E-state index in [1.54, 1.807) is 5.01 Å². The lowest BCUT2D eigenvalue weighted by Gasteiger charge is -2.26. The Morgan fingerprint density at radius 2 is 1.50 bits per heavy atom. The number of carbonyl (C=O) groups is 3. The van der Waals surface area contributed by atoms with Crippen LogP contribution in [0.5, 0.6) is 0 Å². The number of anilines is 2. The first-order valence-corrected chi connectivity index (χ1v) is 10.5. The fourth-order valence-electron chi connectivity index (χ4n) is 4.47. The molecule has 2 aliphatic rings. The molecule has 4 amide bonds. The highest BCUT2D eigenvalue weighted by molar-refractivity contribution is 6.10. The van der Waals surface area contributed by atoms with Crippen LogP contribution in [-0.4, -0.2) is 29.3 Å².